The van der Waals surface area contributed by atoms with Crippen LogP contribution in [0.4, 0.5) is 4.79 Å². The topological polar surface area (TPSA) is 58.6 Å². The maximum Gasteiger partial charge on any atom is 0.410 e. The molecule has 1 saturated heterocycles. The van der Waals surface area contributed by atoms with Crippen LogP contribution < -0.4 is 5.32 Å². The number of nitrogens with zero attached hydrogens (tertiary/aromatic N) is 1. The summed E-state index contributed by atoms with van der Waals surface area (Å²) < 4.78 is 5.43. The van der Waals surface area contributed by atoms with Crippen molar-refractivity contribution < 1.29 is 14.3 Å². The van der Waals surface area contributed by atoms with Gasteiger partial charge in [0.15, 0.2) is 0 Å². The maximum absolute atomic E-state index is 12.1. The van der Waals surface area contributed by atoms with Gasteiger partial charge in [-0.1, -0.05) is 6.42 Å². The molecule has 0 aromatic heterocycles. The molecule has 0 bridgehead atoms. The summed E-state index contributed by atoms with van der Waals surface area (Å²) in [6, 6.07) is 0.0963. The lowest BCUT2D eigenvalue weighted by molar-refractivity contribution is -0.126. The van der Waals surface area contributed by atoms with Crippen molar-refractivity contribution in [2.24, 2.45) is 11.3 Å². The number of hydrogen-bond donors (Lipinski definition) is 1. The van der Waals surface area contributed by atoms with Crippen LogP contribution in [0.2, 0.25) is 0 Å². The fourth-order valence-corrected chi connectivity index (χ4v) is 3.44. The first-order valence-corrected chi connectivity index (χ1v) is 7.89. The summed E-state index contributed by atoms with van der Waals surface area (Å²) in [6.07, 6.45) is 3.41. The van der Waals surface area contributed by atoms with E-state index in [0.29, 0.717) is 19.0 Å². The second-order valence-corrected chi connectivity index (χ2v) is 7.62. The zero-order chi connectivity index (χ0) is 15.8. The van der Waals surface area contributed by atoms with Crippen molar-refractivity contribution in [2.45, 2.75) is 65.5 Å². The Kier molecular flexibility index (Phi) is 4.22. The second-order valence-electron chi connectivity index (χ2n) is 7.62. The number of hydrogen-bond acceptors (Lipinski definition) is 3. The first-order chi connectivity index (χ1) is 9.64. The van der Waals surface area contributed by atoms with E-state index in [2.05, 4.69) is 12.2 Å². The van der Waals surface area contributed by atoms with E-state index >= 15 is 0 Å². The zero-order valence-corrected chi connectivity index (χ0v) is 13.9. The predicted molar refractivity (Wildman–Crippen MR) is 80.9 cm³/mol. The highest BCUT2D eigenvalue weighted by atomic mass is 16.6. The lowest BCUT2D eigenvalue weighted by Gasteiger charge is -2.59. The minimum Gasteiger partial charge on any atom is -0.444 e. The number of likely N-dealkylation sites (tertiary alicyclic amines) is 1. The number of nitrogens with one attached hydrogen (secondary N) is 1. The van der Waals surface area contributed by atoms with Gasteiger partial charge in [0.05, 0.1) is 0 Å². The molecular weight excluding hydrogens is 268 g/mol. The highest BCUT2D eigenvalue weighted by Crippen LogP contribution is 2.50. The first-order valence-electron chi connectivity index (χ1n) is 7.89. The number of ether oxygens (including phenoxy) is 1. The summed E-state index contributed by atoms with van der Waals surface area (Å²) in [5.74, 6) is 0.606. The molecule has 1 unspecified atom stereocenters. The molecule has 1 aliphatic heterocycles. The van der Waals surface area contributed by atoms with Gasteiger partial charge in [0.2, 0.25) is 5.91 Å². The summed E-state index contributed by atoms with van der Waals surface area (Å²) in [5, 5.41) is 3.02. The first kappa shape index (κ1) is 16.1. The third kappa shape index (κ3) is 3.33. The fourth-order valence-electron chi connectivity index (χ4n) is 3.44. The van der Waals surface area contributed by atoms with Crippen LogP contribution in [0, 0.1) is 11.3 Å². The van der Waals surface area contributed by atoms with E-state index in [0.717, 1.165) is 0 Å². The highest BCUT2D eigenvalue weighted by molar-refractivity contribution is 5.73. The van der Waals surface area contributed by atoms with Crippen molar-refractivity contribution in [1.82, 2.24) is 10.2 Å². The molecule has 5 heteroatoms. The molecule has 21 heavy (non-hydrogen) atoms. The van der Waals surface area contributed by atoms with Crippen molar-refractivity contribution >= 4 is 12.0 Å². The molecule has 1 aliphatic carbocycles. The van der Waals surface area contributed by atoms with E-state index in [1.54, 1.807) is 11.8 Å². The van der Waals surface area contributed by atoms with Crippen molar-refractivity contribution in [3.8, 4) is 0 Å². The Bertz CT molecular complexity index is 418. The van der Waals surface area contributed by atoms with E-state index in [1.807, 2.05) is 20.8 Å². The van der Waals surface area contributed by atoms with Crippen LogP contribution >= 0.6 is 0 Å². The summed E-state index contributed by atoms with van der Waals surface area (Å²) in [7, 11) is 0. The molecule has 0 aromatic carbocycles. The second kappa shape index (κ2) is 5.50. The Balaban J connectivity index is 1.99. The highest BCUT2D eigenvalue weighted by Gasteiger charge is 2.55. The molecule has 2 amide bonds. The van der Waals surface area contributed by atoms with Gasteiger partial charge in [-0.3, -0.25) is 4.79 Å². The van der Waals surface area contributed by atoms with Crippen LogP contribution in [-0.4, -0.2) is 41.6 Å². The molecule has 1 heterocycles. The minimum absolute atomic E-state index is 0.00286. The maximum atomic E-state index is 12.1. The SMILES string of the molecule is CC(=O)NC(C)C1(C2CCC2)CN(C(=O)OC(C)(C)C)C1. The standard InChI is InChI=1S/C16H28N2O3/c1-11(17-12(2)19)16(13-7-6-8-13)9-18(10-16)14(20)21-15(3,4)5/h11,13H,6-10H2,1-5H3,(H,17,19). The van der Waals surface area contributed by atoms with E-state index in [4.69, 9.17) is 4.74 Å². The summed E-state index contributed by atoms with van der Waals surface area (Å²) in [4.78, 5) is 25.2. The summed E-state index contributed by atoms with van der Waals surface area (Å²) >= 11 is 0. The Morgan fingerprint density at radius 3 is 2.24 bits per heavy atom. The molecule has 2 aliphatic rings. The van der Waals surface area contributed by atoms with E-state index < -0.39 is 5.60 Å². The van der Waals surface area contributed by atoms with Gasteiger partial charge in [-0.2, -0.15) is 0 Å². The average molecular weight is 296 g/mol. The van der Waals surface area contributed by atoms with Crippen molar-refractivity contribution in [1.29, 1.82) is 0 Å². The molecule has 120 valence electrons. The molecular formula is C16H28N2O3. The van der Waals surface area contributed by atoms with Gasteiger partial charge in [0, 0.05) is 31.5 Å². The fraction of sp³-hybridized carbons (Fsp3) is 0.875. The van der Waals surface area contributed by atoms with E-state index in [-0.39, 0.29) is 23.5 Å². The summed E-state index contributed by atoms with van der Waals surface area (Å²) in [6.45, 7) is 10.6. The van der Waals surface area contributed by atoms with Gasteiger partial charge < -0.3 is 15.0 Å². The van der Waals surface area contributed by atoms with Gasteiger partial charge in [-0.25, -0.2) is 4.79 Å². The Hall–Kier alpha value is -1.26. The van der Waals surface area contributed by atoms with Crippen LogP contribution in [0.15, 0.2) is 0 Å². The van der Waals surface area contributed by atoms with Gasteiger partial charge in [-0.15, -0.1) is 0 Å². The molecule has 2 rings (SSSR count). The number of carbonyl (C=O) groups is 2. The van der Waals surface area contributed by atoms with Gasteiger partial charge in [0.1, 0.15) is 5.60 Å². The van der Waals surface area contributed by atoms with Crippen molar-refractivity contribution in [3.63, 3.8) is 0 Å². The van der Waals surface area contributed by atoms with Crippen LogP contribution in [0.1, 0.15) is 53.9 Å². The number of amides is 2. The molecule has 0 radical (unpaired) electrons. The number of rotatable bonds is 3. The molecule has 1 saturated carbocycles. The normalized spacial score (nSPS) is 22.8. The lowest BCUT2D eigenvalue weighted by Crippen LogP contribution is -2.70. The average Bonchev–Trinajstić information content (AvgIpc) is 2.15. The quantitative estimate of drug-likeness (QED) is 0.870. The number of carbonyl (C=O) groups excluding carboxylic acids is 2. The molecule has 2 fully saturated rings. The minimum atomic E-state index is -0.463. The Morgan fingerprint density at radius 1 is 1.29 bits per heavy atom. The zero-order valence-electron chi connectivity index (χ0n) is 13.9. The molecule has 0 spiro atoms. The van der Waals surface area contributed by atoms with Gasteiger partial charge >= 0.3 is 6.09 Å². The van der Waals surface area contributed by atoms with Gasteiger partial charge in [0.25, 0.3) is 0 Å². The van der Waals surface area contributed by atoms with E-state index in [1.165, 1.54) is 19.3 Å². The smallest absolute Gasteiger partial charge is 0.410 e. The Labute approximate surface area is 127 Å². The molecule has 1 N–H and O–H groups in total. The predicted octanol–water partition coefficient (Wildman–Crippen LogP) is 2.55. The summed E-state index contributed by atoms with van der Waals surface area (Å²) in [5.41, 5.74) is -0.435. The monoisotopic (exact) mass is 296 g/mol. The molecule has 5 nitrogen and oxygen atoms in total. The van der Waals surface area contributed by atoms with Crippen molar-refractivity contribution in [3.05, 3.63) is 0 Å². The largest absolute Gasteiger partial charge is 0.444 e. The third-order valence-corrected chi connectivity index (χ3v) is 4.82. The third-order valence-electron chi connectivity index (χ3n) is 4.82. The van der Waals surface area contributed by atoms with Gasteiger partial charge in [-0.05, 0) is 46.5 Å². The molecule has 1 atom stereocenters. The Morgan fingerprint density at radius 2 is 1.86 bits per heavy atom. The van der Waals surface area contributed by atoms with Crippen LogP contribution in [-0.2, 0) is 9.53 Å². The van der Waals surface area contributed by atoms with Crippen LogP contribution in [0.3, 0.4) is 0 Å². The van der Waals surface area contributed by atoms with Crippen LogP contribution in [0.25, 0.3) is 0 Å². The lowest BCUT2D eigenvalue weighted by atomic mass is 9.58. The molecule has 0 aromatic rings. The van der Waals surface area contributed by atoms with Crippen LogP contribution in [0.5, 0.6) is 0 Å². The van der Waals surface area contributed by atoms with Crippen molar-refractivity contribution in [2.75, 3.05) is 13.1 Å². The van der Waals surface area contributed by atoms with E-state index in [9.17, 15) is 9.59 Å².